The SMILES string of the molecule is COC(=O)C1CC(=O)N(Cc2cn[nH]c2)C1. The summed E-state index contributed by atoms with van der Waals surface area (Å²) in [4.78, 5) is 24.6. The topological polar surface area (TPSA) is 75.3 Å². The molecule has 1 aromatic rings. The van der Waals surface area contributed by atoms with Crippen LogP contribution in [0.15, 0.2) is 12.4 Å². The quantitative estimate of drug-likeness (QED) is 0.728. The zero-order valence-electron chi connectivity index (χ0n) is 8.97. The second-order valence-corrected chi connectivity index (χ2v) is 3.81. The Labute approximate surface area is 92.6 Å². The van der Waals surface area contributed by atoms with Crippen molar-refractivity contribution in [2.45, 2.75) is 13.0 Å². The van der Waals surface area contributed by atoms with Gasteiger partial charge < -0.3 is 9.64 Å². The Morgan fingerprint density at radius 1 is 1.75 bits per heavy atom. The molecule has 1 fully saturated rings. The molecule has 1 N–H and O–H groups in total. The molecule has 0 saturated carbocycles. The highest BCUT2D eigenvalue weighted by molar-refractivity contribution is 5.86. The number of likely N-dealkylation sites (tertiary alicyclic amines) is 1. The predicted molar refractivity (Wildman–Crippen MR) is 54.1 cm³/mol. The zero-order chi connectivity index (χ0) is 11.5. The molecule has 2 heterocycles. The summed E-state index contributed by atoms with van der Waals surface area (Å²) in [5.41, 5.74) is 0.930. The number of rotatable bonds is 3. The third kappa shape index (κ3) is 2.05. The van der Waals surface area contributed by atoms with Crippen LogP contribution >= 0.6 is 0 Å². The Balaban J connectivity index is 1.97. The number of esters is 1. The van der Waals surface area contributed by atoms with E-state index in [-0.39, 0.29) is 24.2 Å². The molecule has 0 aliphatic carbocycles. The van der Waals surface area contributed by atoms with E-state index >= 15 is 0 Å². The van der Waals surface area contributed by atoms with Crippen LogP contribution in [0.4, 0.5) is 0 Å². The first-order valence-corrected chi connectivity index (χ1v) is 5.04. The van der Waals surface area contributed by atoms with Gasteiger partial charge in [-0.3, -0.25) is 14.7 Å². The Morgan fingerprint density at radius 3 is 3.19 bits per heavy atom. The van der Waals surface area contributed by atoms with Crippen LogP contribution in [0, 0.1) is 5.92 Å². The molecule has 1 saturated heterocycles. The van der Waals surface area contributed by atoms with E-state index in [1.54, 1.807) is 17.3 Å². The first-order valence-electron chi connectivity index (χ1n) is 5.04. The fraction of sp³-hybridized carbons (Fsp3) is 0.500. The molecule has 0 bridgehead atoms. The highest BCUT2D eigenvalue weighted by Crippen LogP contribution is 2.20. The van der Waals surface area contributed by atoms with Crippen molar-refractivity contribution in [3.63, 3.8) is 0 Å². The second-order valence-electron chi connectivity index (χ2n) is 3.81. The zero-order valence-corrected chi connectivity index (χ0v) is 8.97. The van der Waals surface area contributed by atoms with E-state index in [9.17, 15) is 9.59 Å². The lowest BCUT2D eigenvalue weighted by atomic mass is 10.1. The molecule has 86 valence electrons. The molecule has 1 aromatic heterocycles. The van der Waals surface area contributed by atoms with Crippen molar-refractivity contribution in [2.75, 3.05) is 13.7 Å². The molecule has 1 amide bonds. The number of hydrogen-bond acceptors (Lipinski definition) is 4. The molecule has 16 heavy (non-hydrogen) atoms. The third-order valence-electron chi connectivity index (χ3n) is 2.68. The summed E-state index contributed by atoms with van der Waals surface area (Å²) < 4.78 is 4.63. The number of methoxy groups -OCH3 is 1. The largest absolute Gasteiger partial charge is 0.469 e. The average molecular weight is 223 g/mol. The fourth-order valence-corrected chi connectivity index (χ4v) is 1.83. The maximum absolute atomic E-state index is 11.6. The number of hydrogen-bond donors (Lipinski definition) is 1. The second kappa shape index (κ2) is 4.34. The third-order valence-corrected chi connectivity index (χ3v) is 2.68. The van der Waals surface area contributed by atoms with Crippen LogP contribution in [0.2, 0.25) is 0 Å². The van der Waals surface area contributed by atoms with E-state index in [0.29, 0.717) is 13.1 Å². The smallest absolute Gasteiger partial charge is 0.310 e. The van der Waals surface area contributed by atoms with E-state index in [4.69, 9.17) is 0 Å². The number of amides is 1. The number of ether oxygens (including phenoxy) is 1. The Hall–Kier alpha value is -1.85. The number of aromatic nitrogens is 2. The van der Waals surface area contributed by atoms with Crippen LogP contribution < -0.4 is 0 Å². The van der Waals surface area contributed by atoms with Gasteiger partial charge in [0.15, 0.2) is 0 Å². The Kier molecular flexibility index (Phi) is 2.89. The molecule has 6 heteroatoms. The maximum atomic E-state index is 11.6. The molecule has 1 atom stereocenters. The van der Waals surface area contributed by atoms with Crippen molar-refractivity contribution in [1.82, 2.24) is 15.1 Å². The molecule has 0 aromatic carbocycles. The minimum Gasteiger partial charge on any atom is -0.469 e. The van der Waals surface area contributed by atoms with Gasteiger partial charge >= 0.3 is 5.97 Å². The minimum absolute atomic E-state index is 0.0170. The van der Waals surface area contributed by atoms with Crippen LogP contribution in [0.5, 0.6) is 0 Å². The van der Waals surface area contributed by atoms with Crippen molar-refractivity contribution in [3.8, 4) is 0 Å². The number of carbonyl (C=O) groups is 2. The normalized spacial score (nSPS) is 20.2. The highest BCUT2D eigenvalue weighted by Gasteiger charge is 2.34. The summed E-state index contributed by atoms with van der Waals surface area (Å²) >= 11 is 0. The van der Waals surface area contributed by atoms with Gasteiger partial charge in [-0.1, -0.05) is 0 Å². The number of aromatic amines is 1. The lowest BCUT2D eigenvalue weighted by molar-refractivity contribution is -0.145. The number of carbonyl (C=O) groups excluding carboxylic acids is 2. The van der Waals surface area contributed by atoms with E-state index < -0.39 is 0 Å². The Bertz CT molecular complexity index is 388. The van der Waals surface area contributed by atoms with Crippen LogP contribution in [0.3, 0.4) is 0 Å². The standard InChI is InChI=1S/C10H13N3O3/c1-16-10(15)8-2-9(14)13(6-8)5-7-3-11-12-4-7/h3-4,8H,2,5-6H2,1H3,(H,11,12). The monoisotopic (exact) mass is 223 g/mol. The predicted octanol–water partition coefficient (Wildman–Crippen LogP) is -0.0688. The molecule has 1 aliphatic heterocycles. The van der Waals surface area contributed by atoms with Gasteiger partial charge in [-0.15, -0.1) is 0 Å². The van der Waals surface area contributed by atoms with Crippen LogP contribution in [0.25, 0.3) is 0 Å². The summed E-state index contributed by atoms with van der Waals surface area (Å²) in [5.74, 6) is -0.663. The molecule has 0 radical (unpaired) electrons. The van der Waals surface area contributed by atoms with E-state index in [1.807, 2.05) is 0 Å². The first kappa shape index (κ1) is 10.7. The highest BCUT2D eigenvalue weighted by atomic mass is 16.5. The lowest BCUT2D eigenvalue weighted by Crippen LogP contribution is -2.25. The van der Waals surface area contributed by atoms with Crippen molar-refractivity contribution < 1.29 is 14.3 Å². The van der Waals surface area contributed by atoms with E-state index in [0.717, 1.165) is 5.56 Å². The van der Waals surface area contributed by atoms with Crippen LogP contribution in [-0.2, 0) is 20.9 Å². The summed E-state index contributed by atoms with van der Waals surface area (Å²) in [6, 6.07) is 0. The van der Waals surface area contributed by atoms with Gasteiger partial charge in [0.25, 0.3) is 0 Å². The van der Waals surface area contributed by atoms with Gasteiger partial charge in [0.1, 0.15) is 0 Å². The van der Waals surface area contributed by atoms with Crippen molar-refractivity contribution in [1.29, 1.82) is 0 Å². The number of nitrogens with one attached hydrogen (secondary N) is 1. The number of nitrogens with zero attached hydrogens (tertiary/aromatic N) is 2. The van der Waals surface area contributed by atoms with Crippen molar-refractivity contribution >= 4 is 11.9 Å². The summed E-state index contributed by atoms with van der Waals surface area (Å²) in [6.45, 7) is 0.916. The summed E-state index contributed by atoms with van der Waals surface area (Å²) in [5, 5.41) is 6.49. The fourth-order valence-electron chi connectivity index (χ4n) is 1.83. The summed E-state index contributed by atoms with van der Waals surface area (Å²) in [7, 11) is 1.34. The molecule has 2 rings (SSSR count). The van der Waals surface area contributed by atoms with Gasteiger partial charge in [-0.2, -0.15) is 5.10 Å². The molecule has 0 spiro atoms. The Morgan fingerprint density at radius 2 is 2.56 bits per heavy atom. The van der Waals surface area contributed by atoms with E-state index in [1.165, 1.54) is 7.11 Å². The molecule has 6 nitrogen and oxygen atoms in total. The first-order chi connectivity index (χ1) is 7.70. The van der Waals surface area contributed by atoms with Gasteiger partial charge in [0.05, 0.1) is 19.2 Å². The number of H-pyrrole nitrogens is 1. The average Bonchev–Trinajstić information content (AvgIpc) is 2.89. The minimum atomic E-state index is -0.329. The lowest BCUT2D eigenvalue weighted by Gasteiger charge is -2.14. The van der Waals surface area contributed by atoms with Crippen LogP contribution in [-0.4, -0.2) is 40.6 Å². The molecule has 1 aliphatic rings. The molecular weight excluding hydrogens is 210 g/mol. The van der Waals surface area contributed by atoms with Gasteiger partial charge in [0.2, 0.25) is 5.91 Å². The maximum Gasteiger partial charge on any atom is 0.310 e. The molecule has 1 unspecified atom stereocenters. The van der Waals surface area contributed by atoms with Gasteiger partial charge in [-0.25, -0.2) is 0 Å². The molecular formula is C10H13N3O3. The van der Waals surface area contributed by atoms with Crippen molar-refractivity contribution in [3.05, 3.63) is 18.0 Å². The van der Waals surface area contributed by atoms with Gasteiger partial charge in [0, 0.05) is 31.3 Å². The van der Waals surface area contributed by atoms with Crippen LogP contribution in [0.1, 0.15) is 12.0 Å². The van der Waals surface area contributed by atoms with Crippen molar-refractivity contribution in [2.24, 2.45) is 5.92 Å². The van der Waals surface area contributed by atoms with Gasteiger partial charge in [-0.05, 0) is 0 Å². The van der Waals surface area contributed by atoms with E-state index in [2.05, 4.69) is 14.9 Å². The summed E-state index contributed by atoms with van der Waals surface area (Å²) in [6.07, 6.45) is 3.64.